The van der Waals surface area contributed by atoms with Crippen LogP contribution in [0.2, 0.25) is 0 Å². The number of morpholine rings is 1. The quantitative estimate of drug-likeness (QED) is 0.363. The second-order valence-electron chi connectivity index (χ2n) is 6.51. The number of halogens is 1. The van der Waals surface area contributed by atoms with Gasteiger partial charge in [0.2, 0.25) is 0 Å². The molecule has 0 amide bonds. The van der Waals surface area contributed by atoms with Gasteiger partial charge in [-0.25, -0.2) is 0 Å². The van der Waals surface area contributed by atoms with Crippen molar-refractivity contribution in [3.8, 4) is 0 Å². The van der Waals surface area contributed by atoms with Gasteiger partial charge in [-0.05, 0) is 35.1 Å². The van der Waals surface area contributed by atoms with Crippen LogP contribution in [-0.2, 0) is 24.4 Å². The summed E-state index contributed by atoms with van der Waals surface area (Å²) in [4.78, 5) is 8.09. The number of hydrogen-bond acceptors (Lipinski definition) is 4. The number of guanidine groups is 1. The van der Waals surface area contributed by atoms with Crippen LogP contribution in [0, 0.1) is 6.92 Å². The average Bonchev–Trinajstić information content (AvgIpc) is 3.09. The van der Waals surface area contributed by atoms with E-state index >= 15 is 0 Å². The molecule has 27 heavy (non-hydrogen) atoms. The Morgan fingerprint density at radius 1 is 1.07 bits per heavy atom. The predicted octanol–water partition coefficient (Wildman–Crippen LogP) is 3.37. The van der Waals surface area contributed by atoms with Gasteiger partial charge in [-0.3, -0.25) is 9.89 Å². The van der Waals surface area contributed by atoms with Gasteiger partial charge in [-0.1, -0.05) is 24.3 Å². The van der Waals surface area contributed by atoms with Gasteiger partial charge >= 0.3 is 0 Å². The van der Waals surface area contributed by atoms with Crippen molar-refractivity contribution in [2.75, 3.05) is 33.4 Å². The lowest BCUT2D eigenvalue weighted by molar-refractivity contribution is 0.0342. The van der Waals surface area contributed by atoms with Crippen LogP contribution in [0.3, 0.4) is 0 Å². The molecule has 7 heteroatoms. The molecule has 2 N–H and O–H groups in total. The molecule has 0 radical (unpaired) electrons. The van der Waals surface area contributed by atoms with E-state index in [-0.39, 0.29) is 24.0 Å². The van der Waals surface area contributed by atoms with Gasteiger partial charge in [-0.2, -0.15) is 0 Å². The summed E-state index contributed by atoms with van der Waals surface area (Å²) in [5, 5.41) is 8.89. The van der Waals surface area contributed by atoms with Gasteiger partial charge < -0.3 is 15.4 Å². The molecule has 0 saturated carbocycles. The summed E-state index contributed by atoms with van der Waals surface area (Å²) < 4.78 is 5.40. The summed E-state index contributed by atoms with van der Waals surface area (Å²) in [6.45, 7) is 8.45. The van der Waals surface area contributed by atoms with Gasteiger partial charge in [0.25, 0.3) is 0 Å². The molecule has 1 aliphatic heterocycles. The second kappa shape index (κ2) is 11.6. The molecule has 0 aliphatic carbocycles. The third-order valence-electron chi connectivity index (χ3n) is 4.60. The maximum Gasteiger partial charge on any atom is 0.191 e. The number of benzene rings is 1. The maximum atomic E-state index is 5.40. The minimum atomic E-state index is 0. The van der Waals surface area contributed by atoms with E-state index in [1.54, 1.807) is 11.3 Å². The highest BCUT2D eigenvalue weighted by atomic mass is 127. The van der Waals surface area contributed by atoms with E-state index in [2.05, 4.69) is 63.2 Å². The lowest BCUT2D eigenvalue weighted by atomic mass is 10.1. The van der Waals surface area contributed by atoms with Crippen LogP contribution in [0.1, 0.15) is 21.6 Å². The Hall–Kier alpha value is -1.16. The molecule has 148 valence electrons. The highest BCUT2D eigenvalue weighted by Crippen LogP contribution is 2.14. The van der Waals surface area contributed by atoms with Gasteiger partial charge in [-0.15, -0.1) is 35.3 Å². The van der Waals surface area contributed by atoms with Gasteiger partial charge in [0.1, 0.15) is 0 Å². The first-order valence-corrected chi connectivity index (χ1v) is 9.98. The van der Waals surface area contributed by atoms with E-state index in [1.165, 1.54) is 21.6 Å². The first-order chi connectivity index (χ1) is 12.7. The zero-order chi connectivity index (χ0) is 18.2. The fourth-order valence-corrected chi connectivity index (χ4v) is 3.78. The number of nitrogens with one attached hydrogen (secondary N) is 2. The number of nitrogens with zero attached hydrogens (tertiary/aromatic N) is 2. The minimum Gasteiger partial charge on any atom is -0.379 e. The number of rotatable bonds is 6. The summed E-state index contributed by atoms with van der Waals surface area (Å²) in [7, 11) is 1.81. The van der Waals surface area contributed by atoms with E-state index in [9.17, 15) is 0 Å². The zero-order valence-electron chi connectivity index (χ0n) is 16.0. The molecular weight excluding hydrogens is 471 g/mol. The van der Waals surface area contributed by atoms with Crippen LogP contribution in [0.25, 0.3) is 0 Å². The SMILES string of the molecule is CN=C(NCc1ccc(CN2CCOCC2)cc1)NCc1sccc1C.I. The van der Waals surface area contributed by atoms with E-state index in [0.717, 1.165) is 51.9 Å². The molecule has 1 aliphatic rings. The Morgan fingerprint density at radius 2 is 1.74 bits per heavy atom. The Labute approximate surface area is 183 Å². The van der Waals surface area contributed by atoms with Crippen LogP contribution < -0.4 is 10.6 Å². The van der Waals surface area contributed by atoms with E-state index in [1.807, 2.05) is 7.05 Å². The van der Waals surface area contributed by atoms with Gasteiger partial charge in [0.15, 0.2) is 5.96 Å². The molecule has 1 aromatic heterocycles. The molecule has 3 rings (SSSR count). The van der Waals surface area contributed by atoms with Crippen molar-refractivity contribution >= 4 is 41.3 Å². The van der Waals surface area contributed by atoms with Crippen molar-refractivity contribution in [3.63, 3.8) is 0 Å². The summed E-state index contributed by atoms with van der Waals surface area (Å²) in [6, 6.07) is 11.0. The summed E-state index contributed by atoms with van der Waals surface area (Å²) >= 11 is 1.78. The molecule has 0 atom stereocenters. The smallest absolute Gasteiger partial charge is 0.191 e. The first kappa shape index (κ1) is 22.1. The van der Waals surface area contributed by atoms with Crippen LogP contribution in [0.4, 0.5) is 0 Å². The van der Waals surface area contributed by atoms with Crippen molar-refractivity contribution in [1.29, 1.82) is 0 Å². The molecule has 5 nitrogen and oxygen atoms in total. The average molecular weight is 500 g/mol. The highest BCUT2D eigenvalue weighted by molar-refractivity contribution is 14.0. The second-order valence-corrected chi connectivity index (χ2v) is 7.51. The van der Waals surface area contributed by atoms with Crippen LogP contribution in [-0.4, -0.2) is 44.2 Å². The number of ether oxygens (including phenoxy) is 1. The fourth-order valence-electron chi connectivity index (χ4n) is 2.94. The van der Waals surface area contributed by atoms with Crippen LogP contribution >= 0.6 is 35.3 Å². The highest BCUT2D eigenvalue weighted by Gasteiger charge is 2.10. The Balaban J connectivity index is 0.00000261. The summed E-state index contributed by atoms with van der Waals surface area (Å²) in [6.07, 6.45) is 0. The number of aryl methyl sites for hydroxylation is 1. The molecule has 2 aromatic rings. The van der Waals surface area contributed by atoms with Crippen molar-refractivity contribution in [2.24, 2.45) is 4.99 Å². The van der Waals surface area contributed by atoms with E-state index < -0.39 is 0 Å². The molecule has 1 fully saturated rings. The van der Waals surface area contributed by atoms with Crippen LogP contribution in [0.5, 0.6) is 0 Å². The van der Waals surface area contributed by atoms with E-state index in [0.29, 0.717) is 0 Å². The van der Waals surface area contributed by atoms with Crippen molar-refractivity contribution < 1.29 is 4.74 Å². The van der Waals surface area contributed by atoms with Crippen LogP contribution in [0.15, 0.2) is 40.7 Å². The third kappa shape index (κ3) is 7.06. The predicted molar refractivity (Wildman–Crippen MR) is 124 cm³/mol. The van der Waals surface area contributed by atoms with Gasteiger partial charge in [0, 0.05) is 38.1 Å². The number of thiophene rings is 1. The van der Waals surface area contributed by atoms with Crippen molar-refractivity contribution in [1.82, 2.24) is 15.5 Å². The minimum absolute atomic E-state index is 0. The molecular formula is C20H29IN4OS. The molecule has 0 spiro atoms. The monoisotopic (exact) mass is 500 g/mol. The first-order valence-electron chi connectivity index (χ1n) is 9.10. The molecule has 2 heterocycles. The third-order valence-corrected chi connectivity index (χ3v) is 5.62. The molecule has 1 saturated heterocycles. The number of aliphatic imine (C=N–C) groups is 1. The lowest BCUT2D eigenvalue weighted by Crippen LogP contribution is -2.36. The maximum absolute atomic E-state index is 5.40. The number of hydrogen-bond donors (Lipinski definition) is 2. The fraction of sp³-hybridized carbons (Fsp3) is 0.450. The zero-order valence-corrected chi connectivity index (χ0v) is 19.2. The standard InChI is InChI=1S/C20H28N4OS.HI/c1-16-7-12-26-19(16)14-23-20(21-2)22-13-17-3-5-18(6-4-17)15-24-8-10-25-11-9-24;/h3-7,12H,8-11,13-15H2,1-2H3,(H2,21,22,23);1H. The Bertz CT molecular complexity index is 711. The molecule has 0 unspecified atom stereocenters. The van der Waals surface area contributed by atoms with E-state index in [4.69, 9.17) is 4.74 Å². The Kier molecular flexibility index (Phi) is 9.53. The molecule has 0 bridgehead atoms. The summed E-state index contributed by atoms with van der Waals surface area (Å²) in [5.41, 5.74) is 3.94. The largest absolute Gasteiger partial charge is 0.379 e. The Morgan fingerprint density at radius 3 is 2.37 bits per heavy atom. The summed E-state index contributed by atoms with van der Waals surface area (Å²) in [5.74, 6) is 0.829. The normalized spacial score (nSPS) is 15.3. The molecule has 1 aromatic carbocycles. The topological polar surface area (TPSA) is 48.9 Å². The van der Waals surface area contributed by atoms with Crippen molar-refractivity contribution in [3.05, 3.63) is 57.3 Å². The van der Waals surface area contributed by atoms with Gasteiger partial charge in [0.05, 0.1) is 19.8 Å². The van der Waals surface area contributed by atoms with Crippen molar-refractivity contribution in [2.45, 2.75) is 26.6 Å². The lowest BCUT2D eigenvalue weighted by Gasteiger charge is -2.26.